The van der Waals surface area contributed by atoms with E-state index in [0.717, 1.165) is 23.1 Å². The Morgan fingerprint density at radius 3 is 2.43 bits per heavy atom. The van der Waals surface area contributed by atoms with Crippen LogP contribution in [0.3, 0.4) is 0 Å². The van der Waals surface area contributed by atoms with Crippen LogP contribution < -0.4 is 5.73 Å². The predicted molar refractivity (Wildman–Crippen MR) is 120 cm³/mol. The van der Waals surface area contributed by atoms with Crippen LogP contribution in [0, 0.1) is 5.92 Å². The number of hydrogen-bond donors (Lipinski definition) is 1. The first-order chi connectivity index (χ1) is 14.1. The van der Waals surface area contributed by atoms with Gasteiger partial charge < -0.3 is 10.6 Å². The van der Waals surface area contributed by atoms with Gasteiger partial charge in [0.05, 0.1) is 10.6 Å². The van der Waals surface area contributed by atoms with Crippen LogP contribution in [0.5, 0.6) is 0 Å². The maximum Gasteiger partial charge on any atom is 0.228 e. The Hall–Kier alpha value is -2.60. The van der Waals surface area contributed by atoms with E-state index < -0.39 is 9.84 Å². The first kappa shape index (κ1) is 22.1. The van der Waals surface area contributed by atoms with E-state index in [1.165, 1.54) is 4.90 Å². The predicted octanol–water partition coefficient (Wildman–Crippen LogP) is 4.09. The molecule has 0 radical (unpaired) electrons. The first-order valence-corrected chi connectivity index (χ1v) is 11.9. The molecule has 1 aliphatic rings. The molecule has 0 aromatic heterocycles. The number of nitrogens with zero attached hydrogens (tertiary/aromatic N) is 1. The van der Waals surface area contributed by atoms with E-state index in [1.807, 2.05) is 30.3 Å². The molecule has 0 aliphatic carbocycles. The molecule has 0 saturated heterocycles. The van der Waals surface area contributed by atoms with E-state index in [9.17, 15) is 13.2 Å². The van der Waals surface area contributed by atoms with Gasteiger partial charge in [-0.1, -0.05) is 57.2 Å². The second-order valence-corrected chi connectivity index (χ2v) is 10.6. The number of amides is 1. The fraction of sp³-hybridized carbons (Fsp3) is 0.375. The van der Waals surface area contributed by atoms with Crippen LogP contribution in [0.2, 0.25) is 0 Å². The zero-order valence-corrected chi connectivity index (χ0v) is 18.9. The molecule has 0 saturated carbocycles. The summed E-state index contributed by atoms with van der Waals surface area (Å²) < 4.78 is 24.2. The number of sulfone groups is 1. The highest BCUT2D eigenvalue weighted by molar-refractivity contribution is 7.91. The lowest BCUT2D eigenvalue weighted by Gasteiger charge is -2.38. The summed E-state index contributed by atoms with van der Waals surface area (Å²) in [4.78, 5) is 14.6. The van der Waals surface area contributed by atoms with Crippen molar-refractivity contribution in [2.75, 3.05) is 12.8 Å². The molecular formula is C24H30N2O3S. The van der Waals surface area contributed by atoms with Crippen molar-refractivity contribution >= 4 is 15.7 Å². The van der Waals surface area contributed by atoms with Gasteiger partial charge in [-0.15, -0.1) is 0 Å². The summed E-state index contributed by atoms with van der Waals surface area (Å²) in [5, 5.41) is 0. The second kappa shape index (κ2) is 8.26. The molecule has 1 aliphatic heterocycles. The second-order valence-electron chi connectivity index (χ2n) is 8.32. The van der Waals surface area contributed by atoms with Crippen LogP contribution in [0.25, 0.3) is 11.1 Å². The third-order valence-electron chi connectivity index (χ3n) is 6.50. The van der Waals surface area contributed by atoms with Crippen molar-refractivity contribution in [2.24, 2.45) is 11.7 Å². The van der Waals surface area contributed by atoms with Gasteiger partial charge in [-0.05, 0) is 47.2 Å². The van der Waals surface area contributed by atoms with Gasteiger partial charge in [-0.25, -0.2) is 8.42 Å². The molecule has 2 atom stereocenters. The lowest BCUT2D eigenvalue weighted by atomic mass is 9.68. The minimum absolute atomic E-state index is 0.00247. The van der Waals surface area contributed by atoms with Gasteiger partial charge in [0.1, 0.15) is 5.82 Å². The molecule has 2 N–H and O–H groups in total. The number of nitrogens with two attached hydrogens (primary N) is 1. The van der Waals surface area contributed by atoms with Crippen molar-refractivity contribution in [3.8, 4) is 11.1 Å². The van der Waals surface area contributed by atoms with Crippen LogP contribution in [-0.4, -0.2) is 32.0 Å². The Labute approximate surface area is 179 Å². The maximum atomic E-state index is 12.8. The van der Waals surface area contributed by atoms with Gasteiger partial charge in [0, 0.05) is 18.9 Å². The number of rotatable bonds is 4. The highest BCUT2D eigenvalue weighted by Gasteiger charge is 2.37. The van der Waals surface area contributed by atoms with Crippen molar-refractivity contribution in [1.29, 1.82) is 0 Å². The quantitative estimate of drug-likeness (QED) is 0.798. The molecule has 2 unspecified atom stereocenters. The first-order valence-electron chi connectivity index (χ1n) is 10.2. The van der Waals surface area contributed by atoms with E-state index in [-0.39, 0.29) is 23.0 Å². The summed E-state index contributed by atoms with van der Waals surface area (Å²) in [5.41, 5.74) is 8.70. The van der Waals surface area contributed by atoms with E-state index in [1.54, 1.807) is 26.1 Å². The molecule has 2 aromatic rings. The summed E-state index contributed by atoms with van der Waals surface area (Å²) in [6.07, 6.45) is 3.08. The van der Waals surface area contributed by atoms with Crippen molar-refractivity contribution in [3.63, 3.8) is 0 Å². The molecule has 160 valence electrons. The largest absolute Gasteiger partial charge is 0.385 e. The molecule has 6 heteroatoms. The fourth-order valence-electron chi connectivity index (χ4n) is 3.91. The minimum Gasteiger partial charge on any atom is -0.385 e. The summed E-state index contributed by atoms with van der Waals surface area (Å²) in [6.45, 7) is 5.93. The Kier molecular flexibility index (Phi) is 6.09. The third-order valence-corrected chi connectivity index (χ3v) is 8.25. The van der Waals surface area contributed by atoms with Crippen LogP contribution in [-0.2, 0) is 20.0 Å². The summed E-state index contributed by atoms with van der Waals surface area (Å²) >= 11 is 0. The number of hydrogen-bond acceptors (Lipinski definition) is 4. The Bertz CT molecular complexity index is 1070. The monoisotopic (exact) mass is 426 g/mol. The SMILES string of the molecule is CCS(=O)(=O)c1ccc(-c2cccc(C3(C)CC(=O)N(C)/C(N)=C/CC3C)c2)cc1. The lowest BCUT2D eigenvalue weighted by molar-refractivity contribution is -0.130. The third kappa shape index (κ3) is 4.15. The molecule has 1 amide bonds. The van der Waals surface area contributed by atoms with Gasteiger partial charge >= 0.3 is 0 Å². The van der Waals surface area contributed by atoms with E-state index >= 15 is 0 Å². The average molecular weight is 427 g/mol. The van der Waals surface area contributed by atoms with Crippen molar-refractivity contribution < 1.29 is 13.2 Å². The van der Waals surface area contributed by atoms with E-state index in [4.69, 9.17) is 5.73 Å². The van der Waals surface area contributed by atoms with Crippen molar-refractivity contribution in [3.05, 3.63) is 66.0 Å². The molecule has 0 spiro atoms. The lowest BCUT2D eigenvalue weighted by Crippen LogP contribution is -2.41. The molecular weight excluding hydrogens is 396 g/mol. The topological polar surface area (TPSA) is 80.5 Å². The zero-order valence-electron chi connectivity index (χ0n) is 18.1. The summed E-state index contributed by atoms with van der Waals surface area (Å²) in [7, 11) is -1.51. The number of allylic oxidation sites excluding steroid dienone is 1. The van der Waals surface area contributed by atoms with Crippen LogP contribution >= 0.6 is 0 Å². The molecule has 5 nitrogen and oxygen atoms in total. The number of carbonyl (C=O) groups is 1. The van der Waals surface area contributed by atoms with E-state index in [0.29, 0.717) is 17.1 Å². The van der Waals surface area contributed by atoms with Gasteiger partial charge in [0.25, 0.3) is 0 Å². The minimum atomic E-state index is -3.22. The molecule has 0 fully saturated rings. The fourth-order valence-corrected chi connectivity index (χ4v) is 4.79. The molecule has 0 bridgehead atoms. The van der Waals surface area contributed by atoms with Crippen molar-refractivity contribution in [2.45, 2.75) is 43.9 Å². The molecule has 2 aromatic carbocycles. The highest BCUT2D eigenvalue weighted by Crippen LogP contribution is 2.40. The number of carbonyl (C=O) groups excluding carboxylic acids is 1. The van der Waals surface area contributed by atoms with E-state index in [2.05, 4.69) is 26.0 Å². The standard InChI is InChI=1S/C24H30N2O3S/c1-5-30(28,29)21-12-10-18(11-13-21)19-7-6-8-20(15-19)24(3)16-23(27)26(4)22(25)14-9-17(24)2/h6-8,10-15,17H,5,9,16,25H2,1-4H3/b22-14+. The molecule has 3 rings (SSSR count). The summed E-state index contributed by atoms with van der Waals surface area (Å²) in [5.74, 6) is 0.808. The number of benzene rings is 2. The molecule has 30 heavy (non-hydrogen) atoms. The normalized spacial score (nSPS) is 24.7. The average Bonchev–Trinajstić information content (AvgIpc) is 2.76. The Morgan fingerprint density at radius 1 is 1.13 bits per heavy atom. The Morgan fingerprint density at radius 2 is 1.80 bits per heavy atom. The van der Waals surface area contributed by atoms with Gasteiger partial charge in [-0.3, -0.25) is 4.79 Å². The van der Waals surface area contributed by atoms with Crippen LogP contribution in [0.15, 0.2) is 65.3 Å². The zero-order chi connectivity index (χ0) is 22.1. The maximum absolute atomic E-state index is 12.8. The Balaban J connectivity index is 1.99. The van der Waals surface area contributed by atoms with Gasteiger partial charge in [0.2, 0.25) is 5.91 Å². The van der Waals surface area contributed by atoms with Crippen LogP contribution in [0.1, 0.15) is 39.2 Å². The van der Waals surface area contributed by atoms with Crippen molar-refractivity contribution in [1.82, 2.24) is 4.90 Å². The smallest absolute Gasteiger partial charge is 0.228 e. The van der Waals surface area contributed by atoms with Gasteiger partial charge in [0.15, 0.2) is 9.84 Å². The van der Waals surface area contributed by atoms with Gasteiger partial charge in [-0.2, -0.15) is 0 Å². The van der Waals surface area contributed by atoms with Crippen LogP contribution in [0.4, 0.5) is 0 Å². The highest BCUT2D eigenvalue weighted by atomic mass is 32.2. The summed E-state index contributed by atoms with van der Waals surface area (Å²) in [6, 6.07) is 15.2. The molecule has 1 heterocycles.